The van der Waals surface area contributed by atoms with Gasteiger partial charge in [0.2, 0.25) is 5.91 Å². The molecule has 25 heavy (non-hydrogen) atoms. The molecule has 0 saturated carbocycles. The van der Waals surface area contributed by atoms with E-state index in [9.17, 15) is 4.79 Å². The number of carbonyl (C=O) groups is 1. The Bertz CT molecular complexity index is 745. The van der Waals surface area contributed by atoms with E-state index in [-0.39, 0.29) is 5.91 Å². The van der Waals surface area contributed by atoms with Crippen LogP contribution < -0.4 is 5.32 Å². The molecule has 0 saturated heterocycles. The molecule has 0 atom stereocenters. The number of fused-ring (bicyclic) bond motifs is 1. The van der Waals surface area contributed by atoms with Crippen molar-refractivity contribution < 1.29 is 4.79 Å². The Balaban J connectivity index is 1.95. The van der Waals surface area contributed by atoms with Crippen molar-refractivity contribution in [3.05, 3.63) is 35.8 Å². The Morgan fingerprint density at radius 1 is 1.28 bits per heavy atom. The van der Waals surface area contributed by atoms with Gasteiger partial charge < -0.3 is 10.2 Å². The molecular weight excluding hydrogens is 314 g/mol. The molecule has 132 valence electrons. The van der Waals surface area contributed by atoms with Crippen molar-refractivity contribution in [2.75, 3.05) is 18.4 Å². The minimum atomic E-state index is 0.0871. The third kappa shape index (κ3) is 4.13. The molecule has 0 aromatic carbocycles. The first-order valence-electron chi connectivity index (χ1n) is 8.84. The highest BCUT2D eigenvalue weighted by molar-refractivity contribution is 5.74. The van der Waals surface area contributed by atoms with Gasteiger partial charge in [0.05, 0.1) is 12.2 Å². The molecule has 0 aliphatic carbocycles. The molecule has 0 bridgehead atoms. The number of hydrogen-bond donors (Lipinski definition) is 1. The van der Waals surface area contributed by atoms with E-state index in [2.05, 4.69) is 24.1 Å². The third-order valence-electron chi connectivity index (χ3n) is 4.46. The van der Waals surface area contributed by atoms with Crippen molar-refractivity contribution in [2.45, 2.75) is 40.2 Å². The number of amides is 1. The predicted molar refractivity (Wildman–Crippen MR) is 98.0 cm³/mol. The summed E-state index contributed by atoms with van der Waals surface area (Å²) in [5, 5.41) is 3.49. The number of rotatable bonds is 5. The number of pyridine rings is 1. The highest BCUT2D eigenvalue weighted by Crippen LogP contribution is 2.27. The number of nitrogens with one attached hydrogen (secondary N) is 1. The van der Waals surface area contributed by atoms with Crippen molar-refractivity contribution in [2.24, 2.45) is 5.92 Å². The van der Waals surface area contributed by atoms with Crippen LogP contribution in [0.3, 0.4) is 0 Å². The fourth-order valence-corrected chi connectivity index (χ4v) is 2.95. The lowest BCUT2D eigenvalue weighted by Gasteiger charge is -2.28. The van der Waals surface area contributed by atoms with Crippen LogP contribution >= 0.6 is 0 Å². The van der Waals surface area contributed by atoms with Gasteiger partial charge in [-0.25, -0.2) is 9.97 Å². The second-order valence-electron chi connectivity index (χ2n) is 6.86. The molecule has 0 spiro atoms. The van der Waals surface area contributed by atoms with E-state index in [0.29, 0.717) is 18.3 Å². The maximum Gasteiger partial charge on any atom is 0.219 e. The van der Waals surface area contributed by atoms with Crippen molar-refractivity contribution in [1.82, 2.24) is 19.9 Å². The Kier molecular flexibility index (Phi) is 5.26. The maximum absolute atomic E-state index is 11.8. The smallest absolute Gasteiger partial charge is 0.219 e. The highest BCUT2D eigenvalue weighted by Gasteiger charge is 2.24. The summed E-state index contributed by atoms with van der Waals surface area (Å²) in [6, 6.07) is 3.82. The second-order valence-corrected chi connectivity index (χ2v) is 6.86. The van der Waals surface area contributed by atoms with E-state index in [1.54, 1.807) is 19.3 Å². The van der Waals surface area contributed by atoms with E-state index in [0.717, 1.165) is 48.6 Å². The largest absolute Gasteiger partial charge is 0.370 e. The number of nitrogens with zero attached hydrogens (tertiary/aromatic N) is 4. The van der Waals surface area contributed by atoms with Crippen LogP contribution in [0, 0.1) is 5.92 Å². The topological polar surface area (TPSA) is 71.0 Å². The molecule has 0 radical (unpaired) electrons. The first-order chi connectivity index (χ1) is 12.0. The highest BCUT2D eigenvalue weighted by atomic mass is 16.2. The minimum absolute atomic E-state index is 0.0871. The fourth-order valence-electron chi connectivity index (χ4n) is 2.95. The first-order valence-corrected chi connectivity index (χ1v) is 8.84. The van der Waals surface area contributed by atoms with Gasteiger partial charge in [-0.2, -0.15) is 0 Å². The summed E-state index contributed by atoms with van der Waals surface area (Å²) in [6.45, 7) is 8.18. The number of aromatic nitrogens is 3. The van der Waals surface area contributed by atoms with E-state index in [4.69, 9.17) is 9.97 Å². The standard InChI is InChI=1S/C19H25N5O/c1-13(2)4-10-21-19-16-7-11-24(14(3)25)12-17(16)22-18(23-19)15-5-8-20-9-6-15/h5-6,8-9,13H,4,7,10-12H2,1-3H3,(H,21,22,23). The van der Waals surface area contributed by atoms with Gasteiger partial charge in [0.15, 0.2) is 5.82 Å². The van der Waals surface area contributed by atoms with Gasteiger partial charge in [0.25, 0.3) is 0 Å². The minimum Gasteiger partial charge on any atom is -0.370 e. The van der Waals surface area contributed by atoms with Gasteiger partial charge in [-0.15, -0.1) is 0 Å². The molecule has 3 rings (SSSR count). The Labute approximate surface area is 148 Å². The third-order valence-corrected chi connectivity index (χ3v) is 4.46. The number of hydrogen-bond acceptors (Lipinski definition) is 5. The maximum atomic E-state index is 11.8. The van der Waals surface area contributed by atoms with Gasteiger partial charge >= 0.3 is 0 Å². The fraction of sp³-hybridized carbons (Fsp3) is 0.474. The molecule has 3 heterocycles. The van der Waals surface area contributed by atoms with Crippen LogP contribution in [0.5, 0.6) is 0 Å². The number of anilines is 1. The Morgan fingerprint density at radius 2 is 2.04 bits per heavy atom. The van der Waals surface area contributed by atoms with Crippen LogP contribution in [0.1, 0.15) is 38.4 Å². The van der Waals surface area contributed by atoms with Gasteiger partial charge in [-0.3, -0.25) is 9.78 Å². The summed E-state index contributed by atoms with van der Waals surface area (Å²) < 4.78 is 0. The van der Waals surface area contributed by atoms with Crippen LogP contribution in [-0.4, -0.2) is 38.8 Å². The Hall–Kier alpha value is -2.50. The molecule has 0 unspecified atom stereocenters. The van der Waals surface area contributed by atoms with Crippen molar-refractivity contribution in [3.8, 4) is 11.4 Å². The summed E-state index contributed by atoms with van der Waals surface area (Å²) in [5.74, 6) is 2.31. The molecular formula is C19H25N5O. The van der Waals surface area contributed by atoms with E-state index >= 15 is 0 Å². The van der Waals surface area contributed by atoms with E-state index in [1.807, 2.05) is 17.0 Å². The summed E-state index contributed by atoms with van der Waals surface area (Å²) in [4.78, 5) is 27.2. The zero-order valence-corrected chi connectivity index (χ0v) is 15.1. The quantitative estimate of drug-likeness (QED) is 0.907. The molecule has 2 aromatic rings. The second kappa shape index (κ2) is 7.59. The lowest BCUT2D eigenvalue weighted by molar-refractivity contribution is -0.129. The average molecular weight is 339 g/mol. The number of carbonyl (C=O) groups excluding carboxylic acids is 1. The van der Waals surface area contributed by atoms with Gasteiger partial charge in [-0.1, -0.05) is 13.8 Å². The predicted octanol–water partition coefficient (Wildman–Crippen LogP) is 2.90. The zero-order valence-electron chi connectivity index (χ0n) is 15.1. The summed E-state index contributed by atoms with van der Waals surface area (Å²) in [6.07, 6.45) is 5.36. The normalized spacial score (nSPS) is 13.7. The van der Waals surface area contributed by atoms with Gasteiger partial charge in [0.1, 0.15) is 5.82 Å². The monoisotopic (exact) mass is 339 g/mol. The molecule has 1 aliphatic heterocycles. The van der Waals surface area contributed by atoms with Crippen LogP contribution in [0.15, 0.2) is 24.5 Å². The van der Waals surface area contributed by atoms with E-state index < -0.39 is 0 Å². The van der Waals surface area contributed by atoms with E-state index in [1.165, 1.54) is 0 Å². The molecule has 1 amide bonds. The summed E-state index contributed by atoms with van der Waals surface area (Å²) >= 11 is 0. The van der Waals surface area contributed by atoms with Gasteiger partial charge in [-0.05, 0) is 30.9 Å². The molecule has 6 heteroatoms. The molecule has 2 aromatic heterocycles. The lowest BCUT2D eigenvalue weighted by Crippen LogP contribution is -2.35. The van der Waals surface area contributed by atoms with Crippen molar-refractivity contribution in [1.29, 1.82) is 0 Å². The lowest BCUT2D eigenvalue weighted by atomic mass is 10.0. The van der Waals surface area contributed by atoms with Crippen molar-refractivity contribution in [3.63, 3.8) is 0 Å². The van der Waals surface area contributed by atoms with Crippen LogP contribution in [0.4, 0.5) is 5.82 Å². The first kappa shape index (κ1) is 17.3. The molecule has 6 nitrogen and oxygen atoms in total. The average Bonchev–Trinajstić information content (AvgIpc) is 2.61. The van der Waals surface area contributed by atoms with Gasteiger partial charge in [0, 0.05) is 43.5 Å². The molecule has 1 aliphatic rings. The summed E-state index contributed by atoms with van der Waals surface area (Å²) in [5.41, 5.74) is 3.01. The summed E-state index contributed by atoms with van der Waals surface area (Å²) in [7, 11) is 0. The Morgan fingerprint density at radius 3 is 2.72 bits per heavy atom. The van der Waals surface area contributed by atoms with Crippen LogP contribution in [0.2, 0.25) is 0 Å². The van der Waals surface area contributed by atoms with Crippen LogP contribution in [0.25, 0.3) is 11.4 Å². The molecule has 1 N–H and O–H groups in total. The molecule has 0 fully saturated rings. The SMILES string of the molecule is CC(=O)N1CCc2c(nc(-c3ccncc3)nc2NCCC(C)C)C1. The van der Waals surface area contributed by atoms with Crippen LogP contribution in [-0.2, 0) is 17.8 Å². The van der Waals surface area contributed by atoms with Crippen molar-refractivity contribution >= 4 is 11.7 Å². The zero-order chi connectivity index (χ0) is 17.8.